The van der Waals surface area contributed by atoms with Gasteiger partial charge < -0.3 is 34.2 Å². The van der Waals surface area contributed by atoms with Crippen LogP contribution in [0.4, 0.5) is 0 Å². The third kappa shape index (κ3) is 3.72. The fourth-order valence-electron chi connectivity index (χ4n) is 1.95. The number of methoxy groups -OCH3 is 1. The Hall–Kier alpha value is -0.630. The number of aliphatic hydroxyl groups excluding tert-OH is 2. The van der Waals surface area contributed by atoms with Crippen molar-refractivity contribution in [3.05, 3.63) is 11.3 Å². The summed E-state index contributed by atoms with van der Waals surface area (Å²) in [5.41, 5.74) is -1.55. The average molecular weight is 315 g/mol. The molecule has 1 unspecified atom stereocenters. The van der Waals surface area contributed by atoms with Crippen LogP contribution in [0.15, 0.2) is 11.3 Å². The molecule has 0 aliphatic carbocycles. The minimum atomic E-state index is -5.11. The summed E-state index contributed by atoms with van der Waals surface area (Å²) in [6.07, 6.45) is -5.09. The van der Waals surface area contributed by atoms with Crippen molar-refractivity contribution in [1.29, 1.82) is 0 Å². The molecule has 0 amide bonds. The fourth-order valence-corrected chi connectivity index (χ4v) is 2.37. The van der Waals surface area contributed by atoms with Crippen molar-refractivity contribution in [2.75, 3.05) is 7.04 Å². The highest BCUT2D eigenvalue weighted by Crippen LogP contribution is 2.46. The molecule has 1 saturated heterocycles. The lowest BCUT2D eigenvalue weighted by Gasteiger charge is -2.25. The summed E-state index contributed by atoms with van der Waals surface area (Å²) in [7, 11) is -7.87. The van der Waals surface area contributed by atoms with E-state index in [4.69, 9.17) is 28.1 Å². The first kappa shape index (κ1) is 13.1. The molecule has 1 aliphatic heterocycles. The molecule has 20 heavy (non-hydrogen) atoms. The van der Waals surface area contributed by atoms with E-state index in [2.05, 4.69) is 0 Å². The number of rotatable bonds is 5. The van der Waals surface area contributed by atoms with Gasteiger partial charge in [0.05, 0.1) is 16.3 Å². The van der Waals surface area contributed by atoms with E-state index in [1.165, 1.54) is 6.92 Å². The van der Waals surface area contributed by atoms with Crippen molar-refractivity contribution in [2.45, 2.75) is 51.3 Å². The van der Waals surface area contributed by atoms with Crippen molar-refractivity contribution < 1.29 is 42.9 Å². The second-order valence-electron chi connectivity index (χ2n) is 4.75. The largest absolute Gasteiger partial charge is 0.506 e. The summed E-state index contributed by atoms with van der Waals surface area (Å²) in [6.45, 7) is 4.72. The molecule has 0 radical (unpaired) electrons. The molecular weight excluding hydrogens is 291 g/mol. The van der Waals surface area contributed by atoms with E-state index >= 15 is 0 Å². The van der Waals surface area contributed by atoms with E-state index in [1.54, 1.807) is 13.8 Å². The van der Waals surface area contributed by atoms with Crippen LogP contribution < -0.4 is 0 Å². The SMILES string of the molecule is [2H]C([2H])([2H])OC1[C@H](C)O[C@H](/C(O)=C(\O)P(=O)(O)O)[C@H]1OC(C)C. The minimum Gasteiger partial charge on any atom is -0.506 e. The molecule has 0 bridgehead atoms. The van der Waals surface area contributed by atoms with Crippen LogP contribution in [0.1, 0.15) is 24.9 Å². The van der Waals surface area contributed by atoms with Crippen LogP contribution in [0, 0.1) is 0 Å². The van der Waals surface area contributed by atoms with Crippen LogP contribution >= 0.6 is 7.60 Å². The second kappa shape index (κ2) is 6.43. The molecule has 118 valence electrons. The zero-order chi connectivity index (χ0) is 18.2. The van der Waals surface area contributed by atoms with Gasteiger partial charge in [0, 0.05) is 7.04 Å². The molecule has 1 fully saturated rings. The van der Waals surface area contributed by atoms with Gasteiger partial charge in [-0.15, -0.1) is 0 Å². The van der Waals surface area contributed by atoms with E-state index in [0.717, 1.165) is 0 Å². The standard InChI is InChI=1S/C11H21O8P/c1-5(2)18-10-8(17-4)6(3)19-9(10)7(12)11(13)20(14,15)16/h5-6,8-10,12-13H,1-4H3,(H2,14,15,16)/b11-7-/t6-,8?,9+,10-/m0/s1/i4D3. The third-order valence-electron chi connectivity index (χ3n) is 2.79. The Bertz CT molecular complexity index is 500. The lowest BCUT2D eigenvalue weighted by Crippen LogP contribution is -2.39. The van der Waals surface area contributed by atoms with Gasteiger partial charge in [0.1, 0.15) is 18.3 Å². The van der Waals surface area contributed by atoms with Gasteiger partial charge >= 0.3 is 7.60 Å². The van der Waals surface area contributed by atoms with E-state index in [9.17, 15) is 14.8 Å². The summed E-state index contributed by atoms with van der Waals surface area (Å²) >= 11 is 0. The van der Waals surface area contributed by atoms with Gasteiger partial charge in [0.2, 0.25) is 5.50 Å². The maximum absolute atomic E-state index is 11.1. The normalized spacial score (nSPS) is 35.4. The van der Waals surface area contributed by atoms with E-state index in [1.807, 2.05) is 0 Å². The average Bonchev–Trinajstić information content (AvgIpc) is 2.62. The molecule has 0 spiro atoms. The second-order valence-corrected chi connectivity index (χ2v) is 6.26. The number of hydrogen-bond acceptors (Lipinski definition) is 6. The Kier molecular flexibility index (Phi) is 4.20. The number of hydrogen-bond donors (Lipinski definition) is 4. The van der Waals surface area contributed by atoms with Gasteiger partial charge in [-0.2, -0.15) is 0 Å². The zero-order valence-electron chi connectivity index (χ0n) is 14.3. The first-order valence-electron chi connectivity index (χ1n) is 7.41. The monoisotopic (exact) mass is 315 g/mol. The van der Waals surface area contributed by atoms with Crippen molar-refractivity contribution in [2.24, 2.45) is 0 Å². The van der Waals surface area contributed by atoms with Crippen LogP contribution in [0.25, 0.3) is 0 Å². The first-order chi connectivity index (χ1) is 10.2. The summed E-state index contributed by atoms with van der Waals surface area (Å²) in [5.74, 6) is -1.12. The minimum absolute atomic E-state index is 0.427. The summed E-state index contributed by atoms with van der Waals surface area (Å²) in [6, 6.07) is 0. The third-order valence-corrected chi connectivity index (χ3v) is 3.57. The van der Waals surface area contributed by atoms with Gasteiger partial charge in [-0.25, -0.2) is 0 Å². The van der Waals surface area contributed by atoms with Crippen LogP contribution in [0.3, 0.4) is 0 Å². The smallest absolute Gasteiger partial charge is 0.394 e. The lowest BCUT2D eigenvalue weighted by atomic mass is 10.1. The Morgan fingerprint density at radius 2 is 1.95 bits per heavy atom. The highest BCUT2D eigenvalue weighted by Gasteiger charge is 2.48. The molecule has 8 nitrogen and oxygen atoms in total. The van der Waals surface area contributed by atoms with Crippen LogP contribution in [-0.2, 0) is 18.8 Å². The van der Waals surface area contributed by atoms with Crippen molar-refractivity contribution in [3.8, 4) is 0 Å². The topological polar surface area (TPSA) is 126 Å². The van der Waals surface area contributed by atoms with Crippen LogP contribution in [0.5, 0.6) is 0 Å². The Balaban J connectivity index is 3.19. The summed E-state index contributed by atoms with van der Waals surface area (Å²) < 4.78 is 48.3. The van der Waals surface area contributed by atoms with Gasteiger partial charge in [-0.3, -0.25) is 4.57 Å². The zero-order valence-corrected chi connectivity index (χ0v) is 12.2. The van der Waals surface area contributed by atoms with E-state index < -0.39 is 56.4 Å². The molecular formula is C11H21O8P. The Morgan fingerprint density at radius 1 is 1.35 bits per heavy atom. The maximum atomic E-state index is 11.1. The van der Waals surface area contributed by atoms with Crippen LogP contribution in [-0.4, -0.2) is 57.6 Å². The molecule has 4 N–H and O–H groups in total. The number of aliphatic hydroxyl groups is 2. The molecule has 4 atom stereocenters. The molecule has 0 aromatic rings. The van der Waals surface area contributed by atoms with E-state index in [-0.39, 0.29) is 0 Å². The first-order valence-corrected chi connectivity index (χ1v) is 7.52. The molecule has 1 rings (SSSR count). The quantitative estimate of drug-likeness (QED) is 0.438. The molecule has 0 aromatic carbocycles. The highest BCUT2D eigenvalue weighted by atomic mass is 31.2. The molecule has 1 heterocycles. The molecule has 9 heteroatoms. The summed E-state index contributed by atoms with van der Waals surface area (Å²) in [5, 5.41) is 19.4. The predicted molar refractivity (Wildman–Crippen MR) is 69.5 cm³/mol. The summed E-state index contributed by atoms with van der Waals surface area (Å²) in [4.78, 5) is 17.9. The predicted octanol–water partition coefficient (Wildman–Crippen LogP) is 1.05. The highest BCUT2D eigenvalue weighted by molar-refractivity contribution is 7.56. The van der Waals surface area contributed by atoms with Crippen molar-refractivity contribution >= 4 is 7.60 Å². The molecule has 0 saturated carbocycles. The molecule has 0 aromatic heterocycles. The van der Waals surface area contributed by atoms with Crippen molar-refractivity contribution in [3.63, 3.8) is 0 Å². The maximum Gasteiger partial charge on any atom is 0.394 e. The van der Waals surface area contributed by atoms with Crippen molar-refractivity contribution in [1.82, 2.24) is 0 Å². The van der Waals surface area contributed by atoms with Gasteiger partial charge in [0.15, 0.2) is 5.76 Å². The van der Waals surface area contributed by atoms with Gasteiger partial charge in [-0.05, 0) is 20.8 Å². The fraction of sp³-hybridized carbons (Fsp3) is 0.818. The number of ether oxygens (including phenoxy) is 3. The van der Waals surface area contributed by atoms with Crippen LogP contribution in [0.2, 0.25) is 0 Å². The van der Waals surface area contributed by atoms with Gasteiger partial charge in [-0.1, -0.05) is 0 Å². The Labute approximate surface area is 121 Å². The Morgan fingerprint density at radius 3 is 2.40 bits per heavy atom. The molecule has 1 aliphatic rings. The lowest BCUT2D eigenvalue weighted by molar-refractivity contribution is -0.0752. The van der Waals surface area contributed by atoms with E-state index in [0.29, 0.717) is 0 Å². The van der Waals surface area contributed by atoms with Gasteiger partial charge in [0.25, 0.3) is 0 Å².